The number of aromatic nitrogens is 3. The molecule has 0 radical (unpaired) electrons. The zero-order valence-corrected chi connectivity index (χ0v) is 18.6. The van der Waals surface area contributed by atoms with Gasteiger partial charge in [-0.2, -0.15) is 12.6 Å². The van der Waals surface area contributed by atoms with Gasteiger partial charge in [0, 0.05) is 42.8 Å². The average Bonchev–Trinajstić information content (AvgIpc) is 3.52. The van der Waals surface area contributed by atoms with Gasteiger partial charge in [-0.15, -0.1) is 5.10 Å². The second-order valence-electron chi connectivity index (χ2n) is 8.50. The van der Waals surface area contributed by atoms with Crippen LogP contribution in [0.2, 0.25) is 0 Å². The van der Waals surface area contributed by atoms with Gasteiger partial charge in [0.05, 0.1) is 12.2 Å². The standard InChI is InChI=1S/C23H27FN4O3S/c24-19-5-2-1-4-18(19)22(23(31)15-7-8-15)27-11-9-20(32)16(13-27)12-17-14-28(26-25-17)10-3-6-21(29)30/h1-2,4-5,12,14-15,20,22,32H,3,6-11,13H2,(H,29,30)/b16-12-. The first kappa shape index (κ1) is 22.7. The number of aliphatic carboxylic acids is 1. The molecule has 0 bridgehead atoms. The number of aryl methyl sites for hydroxylation is 1. The number of likely N-dealkylation sites (tertiary alicyclic amines) is 1. The topological polar surface area (TPSA) is 88.3 Å². The number of Topliss-reactive ketones (excluding diaryl/α,β-unsaturated/α-hetero) is 1. The molecule has 1 aliphatic carbocycles. The van der Waals surface area contributed by atoms with E-state index in [-0.39, 0.29) is 29.2 Å². The van der Waals surface area contributed by atoms with E-state index in [1.54, 1.807) is 29.1 Å². The van der Waals surface area contributed by atoms with Crippen molar-refractivity contribution in [2.24, 2.45) is 5.92 Å². The van der Waals surface area contributed by atoms with Crippen LogP contribution in [0.1, 0.15) is 49.4 Å². The molecule has 1 aliphatic heterocycles. The molecule has 0 spiro atoms. The second-order valence-corrected chi connectivity index (χ2v) is 9.12. The Morgan fingerprint density at radius 1 is 1.28 bits per heavy atom. The highest BCUT2D eigenvalue weighted by Crippen LogP contribution is 2.39. The quantitative estimate of drug-likeness (QED) is 0.560. The third-order valence-electron chi connectivity index (χ3n) is 5.99. The summed E-state index contributed by atoms with van der Waals surface area (Å²) < 4.78 is 16.3. The van der Waals surface area contributed by atoms with Crippen molar-refractivity contribution in [2.75, 3.05) is 13.1 Å². The Labute approximate surface area is 191 Å². The summed E-state index contributed by atoms with van der Waals surface area (Å²) in [5.41, 5.74) is 2.10. The van der Waals surface area contributed by atoms with Crippen molar-refractivity contribution in [3.05, 3.63) is 53.1 Å². The van der Waals surface area contributed by atoms with Gasteiger partial charge in [-0.25, -0.2) is 4.39 Å². The fourth-order valence-electron chi connectivity index (χ4n) is 4.14. The molecule has 2 unspecified atom stereocenters. The van der Waals surface area contributed by atoms with E-state index in [4.69, 9.17) is 17.7 Å². The summed E-state index contributed by atoms with van der Waals surface area (Å²) in [7, 11) is 0. The number of thiol groups is 1. The number of nitrogens with zero attached hydrogens (tertiary/aromatic N) is 4. The predicted octanol–water partition coefficient (Wildman–Crippen LogP) is 3.39. The van der Waals surface area contributed by atoms with Crippen molar-refractivity contribution in [3.8, 4) is 0 Å². The van der Waals surface area contributed by atoms with Gasteiger partial charge in [0.25, 0.3) is 0 Å². The summed E-state index contributed by atoms with van der Waals surface area (Å²) >= 11 is 4.72. The highest BCUT2D eigenvalue weighted by atomic mass is 32.1. The van der Waals surface area contributed by atoms with E-state index in [9.17, 15) is 14.0 Å². The molecule has 1 aromatic heterocycles. The van der Waals surface area contributed by atoms with E-state index in [0.717, 1.165) is 24.8 Å². The summed E-state index contributed by atoms with van der Waals surface area (Å²) in [6.45, 7) is 1.63. The predicted molar refractivity (Wildman–Crippen MR) is 121 cm³/mol. The van der Waals surface area contributed by atoms with Crippen LogP contribution in [0.3, 0.4) is 0 Å². The molecule has 1 saturated carbocycles. The normalized spacial score (nSPS) is 21.6. The van der Waals surface area contributed by atoms with E-state index in [1.807, 2.05) is 6.08 Å². The van der Waals surface area contributed by atoms with Crippen molar-refractivity contribution in [2.45, 2.75) is 49.9 Å². The second kappa shape index (κ2) is 9.95. The third kappa shape index (κ3) is 5.45. The van der Waals surface area contributed by atoms with E-state index in [1.165, 1.54) is 6.07 Å². The number of benzene rings is 1. The molecule has 7 nitrogen and oxygen atoms in total. The number of ketones is 1. The molecule has 32 heavy (non-hydrogen) atoms. The molecule has 4 rings (SSSR count). The largest absolute Gasteiger partial charge is 0.481 e. The van der Waals surface area contributed by atoms with E-state index < -0.39 is 12.0 Å². The maximum Gasteiger partial charge on any atom is 0.303 e. The average molecular weight is 459 g/mol. The lowest BCUT2D eigenvalue weighted by molar-refractivity contribution is -0.137. The minimum atomic E-state index is -0.835. The number of rotatable bonds is 9. The number of carbonyl (C=O) groups excluding carboxylic acids is 1. The Bertz CT molecular complexity index is 1020. The van der Waals surface area contributed by atoms with Gasteiger partial charge >= 0.3 is 5.97 Å². The van der Waals surface area contributed by atoms with Crippen LogP contribution in [-0.4, -0.2) is 55.1 Å². The van der Waals surface area contributed by atoms with Crippen molar-refractivity contribution in [3.63, 3.8) is 0 Å². The highest BCUT2D eigenvalue weighted by molar-refractivity contribution is 7.81. The summed E-state index contributed by atoms with van der Waals surface area (Å²) in [4.78, 5) is 25.9. The zero-order valence-electron chi connectivity index (χ0n) is 17.7. The Balaban J connectivity index is 1.52. The van der Waals surface area contributed by atoms with Gasteiger partial charge in [-0.1, -0.05) is 23.4 Å². The lowest BCUT2D eigenvalue weighted by Gasteiger charge is -2.37. The first-order valence-corrected chi connectivity index (χ1v) is 11.5. The molecule has 1 saturated heterocycles. The van der Waals surface area contributed by atoms with Crippen LogP contribution in [0, 0.1) is 11.7 Å². The molecular weight excluding hydrogens is 431 g/mol. The molecule has 0 amide bonds. The fraction of sp³-hybridized carbons (Fsp3) is 0.478. The number of hydrogen-bond acceptors (Lipinski definition) is 6. The van der Waals surface area contributed by atoms with Gasteiger partial charge in [0.15, 0.2) is 5.78 Å². The van der Waals surface area contributed by atoms with Crippen LogP contribution in [0.5, 0.6) is 0 Å². The van der Waals surface area contributed by atoms with Gasteiger partial charge in [-0.3, -0.25) is 19.2 Å². The van der Waals surface area contributed by atoms with Crippen molar-refractivity contribution < 1.29 is 19.1 Å². The van der Waals surface area contributed by atoms with Crippen molar-refractivity contribution >= 4 is 30.5 Å². The van der Waals surface area contributed by atoms with Crippen LogP contribution >= 0.6 is 12.6 Å². The number of piperidine rings is 1. The van der Waals surface area contributed by atoms with Gasteiger partial charge in [0.2, 0.25) is 0 Å². The van der Waals surface area contributed by atoms with E-state index in [0.29, 0.717) is 37.3 Å². The van der Waals surface area contributed by atoms with E-state index >= 15 is 0 Å². The van der Waals surface area contributed by atoms with Gasteiger partial charge in [-0.05, 0) is 43.4 Å². The number of halogens is 1. The number of carbonyl (C=O) groups is 2. The maximum absolute atomic E-state index is 14.6. The molecular formula is C23H27FN4O3S. The third-order valence-corrected chi connectivity index (χ3v) is 6.57. The number of carboxylic acid groups (broad SMARTS) is 1. The SMILES string of the molecule is O=C(O)CCCn1cc(/C=C2/CN(C(C(=O)C3CC3)c3ccccc3F)CCC2S)nn1. The van der Waals surface area contributed by atoms with Crippen LogP contribution in [-0.2, 0) is 16.1 Å². The lowest BCUT2D eigenvalue weighted by Crippen LogP contribution is -2.42. The van der Waals surface area contributed by atoms with Crippen LogP contribution in [0.25, 0.3) is 6.08 Å². The van der Waals surface area contributed by atoms with E-state index in [2.05, 4.69) is 15.2 Å². The minimum absolute atomic E-state index is 0.0145. The maximum atomic E-state index is 14.6. The molecule has 2 aliphatic rings. The van der Waals surface area contributed by atoms with Crippen LogP contribution < -0.4 is 0 Å². The van der Waals surface area contributed by atoms with Crippen molar-refractivity contribution in [1.82, 2.24) is 19.9 Å². The first-order chi connectivity index (χ1) is 15.4. The molecule has 1 aromatic carbocycles. The summed E-state index contributed by atoms with van der Waals surface area (Å²) in [6.07, 6.45) is 6.75. The molecule has 2 fully saturated rings. The Hall–Kier alpha value is -2.52. The Kier molecular flexibility index (Phi) is 7.05. The number of carboxylic acids is 1. The summed E-state index contributed by atoms with van der Waals surface area (Å²) in [6, 6.07) is 5.94. The Morgan fingerprint density at radius 3 is 2.78 bits per heavy atom. The summed E-state index contributed by atoms with van der Waals surface area (Å²) in [5, 5.41) is 17.0. The molecule has 9 heteroatoms. The molecule has 170 valence electrons. The molecule has 2 aromatic rings. The highest BCUT2D eigenvalue weighted by Gasteiger charge is 2.40. The van der Waals surface area contributed by atoms with Gasteiger partial charge in [0.1, 0.15) is 11.5 Å². The van der Waals surface area contributed by atoms with Crippen LogP contribution in [0.15, 0.2) is 36.0 Å². The van der Waals surface area contributed by atoms with Crippen LogP contribution in [0.4, 0.5) is 4.39 Å². The fourth-order valence-corrected chi connectivity index (χ4v) is 4.42. The van der Waals surface area contributed by atoms with Crippen molar-refractivity contribution in [1.29, 1.82) is 0 Å². The first-order valence-electron chi connectivity index (χ1n) is 10.9. The molecule has 1 N–H and O–H groups in total. The summed E-state index contributed by atoms with van der Waals surface area (Å²) in [5.74, 6) is -1.07. The smallest absolute Gasteiger partial charge is 0.303 e. The molecule has 2 heterocycles. The lowest BCUT2D eigenvalue weighted by atomic mass is 9.93. The minimum Gasteiger partial charge on any atom is -0.481 e. The zero-order chi connectivity index (χ0) is 22.7. The Morgan fingerprint density at radius 2 is 2.06 bits per heavy atom. The van der Waals surface area contributed by atoms with Gasteiger partial charge < -0.3 is 5.11 Å². The molecule has 2 atom stereocenters. The monoisotopic (exact) mass is 458 g/mol. The number of hydrogen-bond donors (Lipinski definition) is 2.